The Bertz CT molecular complexity index is 397. The molecule has 0 bridgehead atoms. The van der Waals surface area contributed by atoms with Crippen LogP contribution < -0.4 is 0 Å². The quantitative estimate of drug-likeness (QED) is 0.872. The molecular formula is C9H10N2OS2. The van der Waals surface area contributed by atoms with Crippen LogP contribution in [0.4, 0.5) is 0 Å². The van der Waals surface area contributed by atoms with Gasteiger partial charge in [-0.15, -0.1) is 11.3 Å². The van der Waals surface area contributed by atoms with E-state index in [9.17, 15) is 5.11 Å². The average Bonchev–Trinajstić information content (AvgIpc) is 2.75. The van der Waals surface area contributed by atoms with E-state index in [2.05, 4.69) is 8.75 Å². The Morgan fingerprint density at radius 2 is 2.43 bits per heavy atom. The lowest BCUT2D eigenvalue weighted by molar-refractivity contribution is 0.178. The number of aliphatic hydroxyl groups is 1. The van der Waals surface area contributed by atoms with Gasteiger partial charge in [0.2, 0.25) is 0 Å². The zero-order valence-electron chi connectivity index (χ0n) is 7.67. The second-order valence-corrected chi connectivity index (χ2v) is 4.78. The van der Waals surface area contributed by atoms with Crippen LogP contribution in [0.3, 0.4) is 0 Å². The summed E-state index contributed by atoms with van der Waals surface area (Å²) in [6, 6.07) is 2.01. The van der Waals surface area contributed by atoms with Gasteiger partial charge in [-0.05, 0) is 23.9 Å². The van der Waals surface area contributed by atoms with E-state index >= 15 is 0 Å². The molecule has 0 spiro atoms. The average molecular weight is 226 g/mol. The van der Waals surface area contributed by atoms with Crippen LogP contribution in [0.5, 0.6) is 0 Å². The van der Waals surface area contributed by atoms with Gasteiger partial charge in [0.15, 0.2) is 0 Å². The highest BCUT2D eigenvalue weighted by Crippen LogP contribution is 2.22. The summed E-state index contributed by atoms with van der Waals surface area (Å²) in [5.74, 6) is 0. The molecule has 0 radical (unpaired) electrons. The molecule has 0 aliphatic heterocycles. The minimum Gasteiger partial charge on any atom is -0.388 e. The van der Waals surface area contributed by atoms with Crippen LogP contribution in [0.25, 0.3) is 0 Å². The Kier molecular flexibility index (Phi) is 2.90. The van der Waals surface area contributed by atoms with Crippen molar-refractivity contribution < 1.29 is 5.11 Å². The smallest absolute Gasteiger partial charge is 0.0854 e. The molecule has 1 N–H and O–H groups in total. The first-order valence-electron chi connectivity index (χ1n) is 4.25. The van der Waals surface area contributed by atoms with Gasteiger partial charge in [0, 0.05) is 11.3 Å². The molecule has 0 saturated carbocycles. The van der Waals surface area contributed by atoms with Gasteiger partial charge in [0.25, 0.3) is 0 Å². The van der Waals surface area contributed by atoms with E-state index < -0.39 is 6.10 Å². The van der Waals surface area contributed by atoms with Crippen LogP contribution in [0.2, 0.25) is 0 Å². The van der Waals surface area contributed by atoms with E-state index in [1.807, 2.05) is 18.4 Å². The summed E-state index contributed by atoms with van der Waals surface area (Å²) in [5, 5.41) is 11.8. The molecule has 0 fully saturated rings. The maximum atomic E-state index is 9.85. The number of hydrogen-bond donors (Lipinski definition) is 1. The molecule has 2 heterocycles. The second-order valence-electron chi connectivity index (χ2n) is 3.11. The van der Waals surface area contributed by atoms with Gasteiger partial charge in [-0.25, -0.2) is 0 Å². The molecule has 0 amide bonds. The van der Waals surface area contributed by atoms with Crippen molar-refractivity contribution in [2.24, 2.45) is 0 Å². The predicted molar refractivity (Wildman–Crippen MR) is 57.6 cm³/mol. The van der Waals surface area contributed by atoms with Gasteiger partial charge in [-0.2, -0.15) is 8.75 Å². The molecule has 0 saturated heterocycles. The molecule has 0 aromatic carbocycles. The molecule has 2 aromatic heterocycles. The molecule has 74 valence electrons. The second kappa shape index (κ2) is 4.16. The summed E-state index contributed by atoms with van der Waals surface area (Å²) in [6.45, 7) is 2.03. The van der Waals surface area contributed by atoms with Crippen molar-refractivity contribution >= 4 is 23.1 Å². The van der Waals surface area contributed by atoms with E-state index in [1.165, 1.54) is 16.6 Å². The summed E-state index contributed by atoms with van der Waals surface area (Å²) in [4.78, 5) is 1.22. The van der Waals surface area contributed by atoms with Crippen molar-refractivity contribution in [1.29, 1.82) is 0 Å². The third kappa shape index (κ3) is 2.17. The summed E-state index contributed by atoms with van der Waals surface area (Å²) in [6.07, 6.45) is 1.80. The first-order valence-corrected chi connectivity index (χ1v) is 5.86. The van der Waals surface area contributed by atoms with Gasteiger partial charge in [-0.3, -0.25) is 0 Å². The Hall–Kier alpha value is -0.780. The molecule has 3 nitrogen and oxygen atoms in total. The molecule has 1 atom stereocenters. The first kappa shape index (κ1) is 9.76. The SMILES string of the molecule is Cc1cc(C(O)Cc2cnsn2)cs1. The van der Waals surface area contributed by atoms with Crippen LogP contribution in [0, 0.1) is 6.92 Å². The minimum atomic E-state index is -0.455. The number of aryl methyl sites for hydroxylation is 1. The van der Waals surface area contributed by atoms with Crippen molar-refractivity contribution in [3.63, 3.8) is 0 Å². The molecule has 0 aliphatic rings. The van der Waals surface area contributed by atoms with Gasteiger partial charge in [0.1, 0.15) is 0 Å². The molecule has 2 aromatic rings. The van der Waals surface area contributed by atoms with E-state index in [4.69, 9.17) is 0 Å². The van der Waals surface area contributed by atoms with Crippen LogP contribution >= 0.6 is 23.1 Å². The summed E-state index contributed by atoms with van der Waals surface area (Å²) < 4.78 is 7.96. The number of hydrogen-bond acceptors (Lipinski definition) is 5. The largest absolute Gasteiger partial charge is 0.388 e. The van der Waals surface area contributed by atoms with Crippen LogP contribution in [-0.4, -0.2) is 13.9 Å². The van der Waals surface area contributed by atoms with Crippen molar-refractivity contribution in [1.82, 2.24) is 8.75 Å². The molecule has 5 heteroatoms. The number of rotatable bonds is 3. The van der Waals surface area contributed by atoms with Gasteiger partial charge < -0.3 is 5.11 Å². The number of aliphatic hydroxyl groups excluding tert-OH is 1. The molecular weight excluding hydrogens is 216 g/mol. The fraction of sp³-hybridized carbons (Fsp3) is 0.333. The highest BCUT2D eigenvalue weighted by Gasteiger charge is 2.11. The number of nitrogens with zero attached hydrogens (tertiary/aromatic N) is 2. The number of aromatic nitrogens is 2. The maximum absolute atomic E-state index is 9.85. The zero-order chi connectivity index (χ0) is 9.97. The maximum Gasteiger partial charge on any atom is 0.0854 e. The van der Waals surface area contributed by atoms with Crippen molar-refractivity contribution in [3.05, 3.63) is 33.8 Å². The van der Waals surface area contributed by atoms with Gasteiger partial charge in [0.05, 0.1) is 29.7 Å². The normalized spacial score (nSPS) is 13.0. The lowest BCUT2D eigenvalue weighted by atomic mass is 10.1. The van der Waals surface area contributed by atoms with Gasteiger partial charge >= 0.3 is 0 Å². The van der Waals surface area contributed by atoms with Crippen molar-refractivity contribution in [3.8, 4) is 0 Å². The highest BCUT2D eigenvalue weighted by molar-refractivity contribution is 7.10. The lowest BCUT2D eigenvalue weighted by Gasteiger charge is -2.05. The summed E-state index contributed by atoms with van der Waals surface area (Å²) in [5.41, 5.74) is 1.83. The lowest BCUT2D eigenvalue weighted by Crippen LogP contribution is -2.00. The first-order chi connectivity index (χ1) is 6.75. The van der Waals surface area contributed by atoms with Crippen LogP contribution in [-0.2, 0) is 6.42 Å². The molecule has 0 aliphatic carbocycles. The molecule has 2 rings (SSSR count). The van der Waals surface area contributed by atoms with E-state index in [-0.39, 0.29) is 0 Å². The third-order valence-electron chi connectivity index (χ3n) is 1.95. The monoisotopic (exact) mass is 226 g/mol. The predicted octanol–water partition coefficient (Wildman–Crippen LogP) is 2.18. The minimum absolute atomic E-state index is 0.455. The number of thiophene rings is 1. The van der Waals surface area contributed by atoms with Crippen LogP contribution in [0.1, 0.15) is 22.2 Å². The fourth-order valence-electron chi connectivity index (χ4n) is 1.23. The van der Waals surface area contributed by atoms with Crippen LogP contribution in [0.15, 0.2) is 17.6 Å². The third-order valence-corrected chi connectivity index (χ3v) is 3.34. The van der Waals surface area contributed by atoms with Crippen molar-refractivity contribution in [2.45, 2.75) is 19.4 Å². The molecule has 14 heavy (non-hydrogen) atoms. The van der Waals surface area contributed by atoms with Crippen molar-refractivity contribution in [2.75, 3.05) is 0 Å². The summed E-state index contributed by atoms with van der Waals surface area (Å²) >= 11 is 2.83. The molecule has 1 unspecified atom stereocenters. The Balaban J connectivity index is 2.06. The Morgan fingerprint density at radius 1 is 1.57 bits per heavy atom. The topological polar surface area (TPSA) is 46.0 Å². The van der Waals surface area contributed by atoms with Gasteiger partial charge in [-0.1, -0.05) is 0 Å². The van der Waals surface area contributed by atoms with E-state index in [0.29, 0.717) is 6.42 Å². The van der Waals surface area contributed by atoms with E-state index in [0.717, 1.165) is 11.3 Å². The van der Waals surface area contributed by atoms with E-state index in [1.54, 1.807) is 17.5 Å². The fourth-order valence-corrected chi connectivity index (χ4v) is 2.42. The Morgan fingerprint density at radius 3 is 3.00 bits per heavy atom. The Labute approximate surface area is 90.4 Å². The standard InChI is InChI=1S/C9H10N2OS2/c1-6-2-7(5-13-6)9(12)3-8-4-10-14-11-8/h2,4-5,9,12H,3H2,1H3. The summed E-state index contributed by atoms with van der Waals surface area (Å²) in [7, 11) is 0. The highest BCUT2D eigenvalue weighted by atomic mass is 32.1. The zero-order valence-corrected chi connectivity index (χ0v) is 9.31.